The second-order valence-corrected chi connectivity index (χ2v) is 13.0. The Bertz CT molecular complexity index is 1780. The standard InChI is InChI=1S/C34H40N6O3/c1-8-25-27(35-7)12-20(3)32(42)30(25)29-21(4)40(24-14-34(15-24)18-38(19-34)28(41)9-2)37-31(29)22-10-11-26-23(13-22)16-39(36-26)17-33(5,6)43/h8-13,16,24,35,42-43H,1-2,14-15,17-19H2,3-7H3. The highest BCUT2D eigenvalue weighted by Crippen LogP contribution is 2.55. The lowest BCUT2D eigenvalue weighted by atomic mass is 9.60. The number of hydrogen-bond acceptors (Lipinski definition) is 6. The van der Waals surface area contributed by atoms with Gasteiger partial charge in [-0.05, 0) is 70.4 Å². The lowest BCUT2D eigenvalue weighted by Gasteiger charge is -2.58. The van der Waals surface area contributed by atoms with Crippen LogP contribution in [0, 0.1) is 19.3 Å². The number of benzene rings is 2. The van der Waals surface area contributed by atoms with Gasteiger partial charge in [-0.25, -0.2) is 0 Å². The molecule has 9 nitrogen and oxygen atoms in total. The Balaban J connectivity index is 1.47. The first-order valence-corrected chi connectivity index (χ1v) is 14.7. The van der Waals surface area contributed by atoms with Gasteiger partial charge in [-0.1, -0.05) is 25.3 Å². The van der Waals surface area contributed by atoms with E-state index in [0.717, 1.165) is 76.2 Å². The number of aliphatic hydroxyl groups is 1. The lowest BCUT2D eigenvalue weighted by molar-refractivity contribution is -0.149. The van der Waals surface area contributed by atoms with Crippen LogP contribution in [-0.4, -0.2) is 66.3 Å². The van der Waals surface area contributed by atoms with Crippen molar-refractivity contribution in [3.05, 3.63) is 66.5 Å². The van der Waals surface area contributed by atoms with Gasteiger partial charge in [0.05, 0.1) is 23.7 Å². The summed E-state index contributed by atoms with van der Waals surface area (Å²) < 4.78 is 3.89. The molecule has 0 radical (unpaired) electrons. The van der Waals surface area contributed by atoms with Gasteiger partial charge in [0, 0.05) is 70.8 Å². The molecule has 1 spiro atoms. The molecule has 0 bridgehead atoms. The summed E-state index contributed by atoms with van der Waals surface area (Å²) in [4.78, 5) is 13.9. The van der Waals surface area contributed by atoms with E-state index in [1.165, 1.54) is 6.08 Å². The maximum absolute atomic E-state index is 12.1. The summed E-state index contributed by atoms with van der Waals surface area (Å²) in [5, 5.41) is 35.9. The fraction of sp³-hybridized carbons (Fsp3) is 0.382. The van der Waals surface area contributed by atoms with Gasteiger partial charge in [0.2, 0.25) is 5.91 Å². The monoisotopic (exact) mass is 580 g/mol. The zero-order valence-corrected chi connectivity index (χ0v) is 25.6. The SMILES string of the molecule is C=CC(=O)N1CC2(CC(n3nc(-c4ccc5nn(CC(C)(C)O)cc5c4)c(-c4c(O)c(C)cc(NC)c4C=C)c3C)C2)C1. The van der Waals surface area contributed by atoms with Gasteiger partial charge in [-0.3, -0.25) is 14.2 Å². The number of likely N-dealkylation sites (tertiary alicyclic amines) is 1. The molecule has 224 valence electrons. The van der Waals surface area contributed by atoms with Crippen LogP contribution < -0.4 is 5.32 Å². The molecule has 9 heteroatoms. The predicted octanol–water partition coefficient (Wildman–Crippen LogP) is 5.69. The van der Waals surface area contributed by atoms with Crippen LogP contribution in [0.15, 0.2) is 49.7 Å². The highest BCUT2D eigenvalue weighted by atomic mass is 16.3. The van der Waals surface area contributed by atoms with Crippen LogP contribution in [0.1, 0.15) is 49.6 Å². The van der Waals surface area contributed by atoms with Crippen LogP contribution in [0.2, 0.25) is 0 Å². The van der Waals surface area contributed by atoms with Crippen molar-refractivity contribution in [2.45, 2.75) is 58.7 Å². The number of phenolic OH excluding ortho intramolecular Hbond substituents is 1. The van der Waals surface area contributed by atoms with Gasteiger partial charge in [-0.15, -0.1) is 0 Å². The van der Waals surface area contributed by atoms with Crippen LogP contribution in [0.3, 0.4) is 0 Å². The van der Waals surface area contributed by atoms with Crippen LogP contribution in [0.4, 0.5) is 5.69 Å². The fourth-order valence-electron chi connectivity index (χ4n) is 6.99. The molecule has 1 saturated carbocycles. The molecule has 2 aromatic heterocycles. The lowest BCUT2D eigenvalue weighted by Crippen LogP contribution is -2.63. The summed E-state index contributed by atoms with van der Waals surface area (Å²) >= 11 is 0. The summed E-state index contributed by atoms with van der Waals surface area (Å²) in [6.45, 7) is 17.1. The number of nitrogens with zero attached hydrogens (tertiary/aromatic N) is 5. The summed E-state index contributed by atoms with van der Waals surface area (Å²) in [7, 11) is 1.87. The molecule has 0 unspecified atom stereocenters. The quantitative estimate of drug-likeness (QED) is 0.182. The highest BCUT2D eigenvalue weighted by Gasteiger charge is 2.54. The topological polar surface area (TPSA) is 108 Å². The first kappa shape index (κ1) is 28.7. The minimum absolute atomic E-state index is 0.0117. The van der Waals surface area contributed by atoms with E-state index in [-0.39, 0.29) is 23.1 Å². The van der Waals surface area contributed by atoms with Crippen LogP contribution >= 0.6 is 0 Å². The van der Waals surface area contributed by atoms with E-state index < -0.39 is 5.60 Å². The maximum atomic E-state index is 12.1. The summed E-state index contributed by atoms with van der Waals surface area (Å²) in [5.41, 5.74) is 6.76. The van der Waals surface area contributed by atoms with Gasteiger partial charge >= 0.3 is 0 Å². The third-order valence-electron chi connectivity index (χ3n) is 9.00. The molecule has 0 atom stereocenters. The van der Waals surface area contributed by atoms with Crippen molar-refractivity contribution < 1.29 is 15.0 Å². The Morgan fingerprint density at radius 3 is 2.51 bits per heavy atom. The average molecular weight is 581 g/mol. The second kappa shape index (κ2) is 10.1. The molecular formula is C34H40N6O3. The molecule has 3 heterocycles. The first-order valence-electron chi connectivity index (χ1n) is 14.7. The molecule has 1 aliphatic carbocycles. The molecule has 3 N–H and O–H groups in total. The van der Waals surface area contributed by atoms with Crippen LogP contribution in [0.25, 0.3) is 39.4 Å². The third kappa shape index (κ3) is 4.81. The fourth-order valence-corrected chi connectivity index (χ4v) is 6.99. The third-order valence-corrected chi connectivity index (χ3v) is 9.00. The summed E-state index contributed by atoms with van der Waals surface area (Å²) in [6.07, 6.45) is 6.99. The number of carbonyl (C=O) groups is 1. The van der Waals surface area contributed by atoms with Gasteiger partial charge < -0.3 is 20.4 Å². The smallest absolute Gasteiger partial charge is 0.245 e. The van der Waals surface area contributed by atoms with E-state index in [2.05, 4.69) is 41.2 Å². The molecule has 2 aromatic carbocycles. The first-order chi connectivity index (χ1) is 20.4. The zero-order chi connectivity index (χ0) is 30.8. The van der Waals surface area contributed by atoms with Crippen LogP contribution in [-0.2, 0) is 11.3 Å². The van der Waals surface area contributed by atoms with E-state index in [4.69, 9.17) is 5.10 Å². The Labute approximate surface area is 252 Å². The van der Waals surface area contributed by atoms with Crippen molar-refractivity contribution >= 4 is 28.6 Å². The number of fused-ring (bicyclic) bond motifs is 1. The molecule has 43 heavy (non-hydrogen) atoms. The van der Waals surface area contributed by atoms with Crippen LogP contribution in [0.5, 0.6) is 5.75 Å². The second-order valence-electron chi connectivity index (χ2n) is 13.0. The largest absolute Gasteiger partial charge is 0.507 e. The van der Waals surface area contributed by atoms with E-state index in [0.29, 0.717) is 12.1 Å². The Hall–Kier alpha value is -4.37. The number of anilines is 1. The molecule has 2 fully saturated rings. The van der Waals surface area contributed by atoms with E-state index in [1.807, 2.05) is 43.3 Å². The molecular weight excluding hydrogens is 540 g/mol. The Morgan fingerprint density at radius 2 is 1.88 bits per heavy atom. The molecule has 1 aliphatic heterocycles. The van der Waals surface area contributed by atoms with Gasteiger partial charge in [0.25, 0.3) is 0 Å². The molecule has 1 saturated heterocycles. The molecule has 6 rings (SSSR count). The number of hydrogen-bond donors (Lipinski definition) is 3. The van der Waals surface area contributed by atoms with Crippen molar-refractivity contribution in [2.75, 3.05) is 25.5 Å². The van der Waals surface area contributed by atoms with Gasteiger partial charge in [0.1, 0.15) is 11.4 Å². The zero-order valence-electron chi connectivity index (χ0n) is 25.6. The highest BCUT2D eigenvalue weighted by molar-refractivity contribution is 5.96. The van der Waals surface area contributed by atoms with E-state index in [9.17, 15) is 15.0 Å². The van der Waals surface area contributed by atoms with Crippen molar-refractivity contribution in [3.63, 3.8) is 0 Å². The average Bonchev–Trinajstić information content (AvgIpc) is 3.46. The number of aromatic hydroxyl groups is 1. The number of carbonyl (C=O) groups excluding carboxylic acids is 1. The summed E-state index contributed by atoms with van der Waals surface area (Å²) in [6, 6.07) is 8.19. The normalized spacial score (nSPS) is 16.3. The minimum Gasteiger partial charge on any atom is -0.507 e. The number of phenols is 1. The number of amides is 1. The van der Waals surface area contributed by atoms with Gasteiger partial charge in [0.15, 0.2) is 0 Å². The predicted molar refractivity (Wildman–Crippen MR) is 171 cm³/mol. The number of rotatable bonds is 8. The molecule has 2 aliphatic rings. The Morgan fingerprint density at radius 1 is 1.16 bits per heavy atom. The van der Waals surface area contributed by atoms with Crippen molar-refractivity contribution in [1.82, 2.24) is 24.5 Å². The summed E-state index contributed by atoms with van der Waals surface area (Å²) in [5.74, 6) is 0.196. The maximum Gasteiger partial charge on any atom is 0.245 e. The number of aromatic nitrogens is 4. The minimum atomic E-state index is -0.890. The number of aryl methyl sites for hydroxylation is 1. The van der Waals surface area contributed by atoms with Crippen molar-refractivity contribution in [2.24, 2.45) is 5.41 Å². The van der Waals surface area contributed by atoms with Crippen molar-refractivity contribution in [1.29, 1.82) is 0 Å². The van der Waals surface area contributed by atoms with Gasteiger partial charge in [-0.2, -0.15) is 10.2 Å². The molecule has 4 aromatic rings. The van der Waals surface area contributed by atoms with E-state index >= 15 is 0 Å². The molecule has 1 amide bonds. The Kier molecular flexibility index (Phi) is 6.76. The van der Waals surface area contributed by atoms with Crippen molar-refractivity contribution in [3.8, 4) is 28.1 Å². The van der Waals surface area contributed by atoms with E-state index in [1.54, 1.807) is 24.6 Å². The number of nitrogens with one attached hydrogen (secondary N) is 1.